The second-order valence-corrected chi connectivity index (χ2v) is 4.92. The molecule has 0 aliphatic heterocycles. The van der Waals surface area contributed by atoms with Crippen LogP contribution in [0.5, 0.6) is 0 Å². The number of nitrogens with zero attached hydrogens (tertiary/aromatic N) is 1. The minimum Gasteiger partial charge on any atom is -0.478 e. The van der Waals surface area contributed by atoms with Gasteiger partial charge in [0.2, 0.25) is 0 Å². The van der Waals surface area contributed by atoms with E-state index < -0.39 is 12.1 Å². The zero-order chi connectivity index (χ0) is 15.0. The lowest BCUT2D eigenvalue weighted by Gasteiger charge is -2.13. The molecule has 5 heteroatoms. The summed E-state index contributed by atoms with van der Waals surface area (Å²) in [5.74, 6) is -0.991. The fourth-order valence-electron chi connectivity index (χ4n) is 2.40. The van der Waals surface area contributed by atoms with Gasteiger partial charge in [-0.1, -0.05) is 12.1 Å². The third kappa shape index (κ3) is 2.39. The van der Waals surface area contributed by atoms with Crippen molar-refractivity contribution in [1.29, 1.82) is 0 Å². The van der Waals surface area contributed by atoms with Crippen LogP contribution in [0.3, 0.4) is 0 Å². The Balaban J connectivity index is 2.22. The zero-order valence-electron chi connectivity index (χ0n) is 11.4. The number of H-pyrrole nitrogens is 1. The zero-order valence-corrected chi connectivity index (χ0v) is 11.4. The van der Waals surface area contributed by atoms with Crippen LogP contribution in [0.2, 0.25) is 0 Å². The van der Waals surface area contributed by atoms with E-state index >= 15 is 0 Å². The highest BCUT2D eigenvalue weighted by Gasteiger charge is 2.14. The van der Waals surface area contributed by atoms with Crippen molar-refractivity contribution in [3.63, 3.8) is 0 Å². The topological polar surface area (TPSA) is 86.2 Å². The molecule has 0 bridgehead atoms. The van der Waals surface area contributed by atoms with Crippen molar-refractivity contribution in [2.75, 3.05) is 0 Å². The van der Waals surface area contributed by atoms with Crippen LogP contribution in [0.15, 0.2) is 42.7 Å². The van der Waals surface area contributed by atoms with E-state index in [1.807, 2.05) is 18.2 Å². The van der Waals surface area contributed by atoms with Gasteiger partial charge in [-0.3, -0.25) is 0 Å². The van der Waals surface area contributed by atoms with Gasteiger partial charge in [-0.15, -0.1) is 0 Å². The average molecular weight is 282 g/mol. The van der Waals surface area contributed by atoms with E-state index in [0.29, 0.717) is 11.1 Å². The summed E-state index contributed by atoms with van der Waals surface area (Å²) in [6, 6.07) is 10.4. The normalized spacial score (nSPS) is 12.5. The number of hydrogen-bond donors (Lipinski definition) is 3. The number of aliphatic hydroxyl groups excluding tert-OH is 1. The molecule has 3 aromatic rings. The molecular formula is C16H14N2O3. The molecule has 0 saturated carbocycles. The maximum atomic E-state index is 11.2. The Morgan fingerprint density at radius 3 is 2.76 bits per heavy atom. The Hall–Kier alpha value is -2.66. The lowest BCUT2D eigenvalue weighted by Crippen LogP contribution is -2.01. The first-order chi connectivity index (χ1) is 10.1. The van der Waals surface area contributed by atoms with Gasteiger partial charge in [0.05, 0.1) is 29.0 Å². The molecule has 0 spiro atoms. The minimum absolute atomic E-state index is 0.191. The minimum atomic E-state index is -0.991. The van der Waals surface area contributed by atoms with Crippen LogP contribution in [-0.2, 0) is 0 Å². The van der Waals surface area contributed by atoms with Crippen molar-refractivity contribution in [3.8, 4) is 11.1 Å². The van der Waals surface area contributed by atoms with Gasteiger partial charge in [-0.25, -0.2) is 9.78 Å². The Labute approximate surface area is 120 Å². The molecule has 3 rings (SSSR count). The molecule has 0 amide bonds. The lowest BCUT2D eigenvalue weighted by atomic mass is 9.94. The highest BCUT2D eigenvalue weighted by molar-refractivity contribution is 5.91. The van der Waals surface area contributed by atoms with Gasteiger partial charge in [0.15, 0.2) is 0 Å². The van der Waals surface area contributed by atoms with E-state index in [4.69, 9.17) is 5.11 Å². The molecule has 0 saturated heterocycles. The second kappa shape index (κ2) is 5.03. The van der Waals surface area contributed by atoms with E-state index in [-0.39, 0.29) is 5.56 Å². The third-order valence-electron chi connectivity index (χ3n) is 3.48. The van der Waals surface area contributed by atoms with Crippen molar-refractivity contribution in [2.45, 2.75) is 13.0 Å². The Kier molecular flexibility index (Phi) is 3.19. The maximum absolute atomic E-state index is 11.2. The first-order valence-electron chi connectivity index (χ1n) is 6.55. The van der Waals surface area contributed by atoms with Gasteiger partial charge in [0.25, 0.3) is 0 Å². The molecule has 1 unspecified atom stereocenters. The predicted octanol–water partition coefficient (Wildman–Crippen LogP) is 2.98. The predicted molar refractivity (Wildman–Crippen MR) is 79.1 cm³/mol. The molecule has 0 aliphatic rings. The van der Waals surface area contributed by atoms with Gasteiger partial charge >= 0.3 is 5.97 Å². The second-order valence-electron chi connectivity index (χ2n) is 4.92. The molecule has 0 fully saturated rings. The van der Waals surface area contributed by atoms with Crippen LogP contribution in [0.4, 0.5) is 0 Å². The maximum Gasteiger partial charge on any atom is 0.335 e. The summed E-state index contributed by atoms with van der Waals surface area (Å²) in [5.41, 5.74) is 4.12. The molecule has 0 radical (unpaired) electrons. The average Bonchev–Trinajstić information content (AvgIpc) is 2.93. The van der Waals surface area contributed by atoms with Gasteiger partial charge in [0.1, 0.15) is 0 Å². The highest BCUT2D eigenvalue weighted by Crippen LogP contribution is 2.31. The molecule has 1 atom stereocenters. The summed E-state index contributed by atoms with van der Waals surface area (Å²) < 4.78 is 0. The van der Waals surface area contributed by atoms with Crippen LogP contribution in [0.25, 0.3) is 22.2 Å². The van der Waals surface area contributed by atoms with Crippen molar-refractivity contribution in [1.82, 2.24) is 9.97 Å². The van der Waals surface area contributed by atoms with E-state index in [0.717, 1.165) is 16.6 Å². The number of hydrogen-bond acceptors (Lipinski definition) is 3. The molecule has 0 aliphatic carbocycles. The number of aromatic nitrogens is 2. The van der Waals surface area contributed by atoms with Crippen LogP contribution in [-0.4, -0.2) is 26.2 Å². The van der Waals surface area contributed by atoms with Crippen LogP contribution in [0.1, 0.15) is 28.9 Å². The van der Waals surface area contributed by atoms with Crippen LogP contribution < -0.4 is 0 Å². The number of benzene rings is 2. The van der Waals surface area contributed by atoms with E-state index in [2.05, 4.69) is 9.97 Å². The Bertz CT molecular complexity index is 821. The number of imidazole rings is 1. The fourth-order valence-corrected chi connectivity index (χ4v) is 2.40. The fraction of sp³-hybridized carbons (Fsp3) is 0.125. The SMILES string of the molecule is CC(O)c1ccc(C(=O)O)cc1-c1ccc2[nH]cnc2c1. The van der Waals surface area contributed by atoms with E-state index in [1.165, 1.54) is 6.07 Å². The third-order valence-corrected chi connectivity index (χ3v) is 3.48. The summed E-state index contributed by atoms with van der Waals surface area (Å²) in [5, 5.41) is 19.0. The van der Waals surface area contributed by atoms with E-state index in [1.54, 1.807) is 25.4 Å². The van der Waals surface area contributed by atoms with Crippen molar-refractivity contribution < 1.29 is 15.0 Å². The number of fused-ring (bicyclic) bond motifs is 1. The number of aromatic carboxylic acids is 1. The van der Waals surface area contributed by atoms with Crippen LogP contribution in [0, 0.1) is 0 Å². The lowest BCUT2D eigenvalue weighted by molar-refractivity contribution is 0.0696. The van der Waals surface area contributed by atoms with Gasteiger partial charge in [-0.05, 0) is 47.9 Å². The number of carbonyl (C=O) groups is 1. The van der Waals surface area contributed by atoms with Crippen molar-refractivity contribution in [3.05, 3.63) is 53.9 Å². The highest BCUT2D eigenvalue weighted by atomic mass is 16.4. The molecule has 1 aromatic heterocycles. The number of rotatable bonds is 3. The molecule has 2 aromatic carbocycles. The molecule has 106 valence electrons. The quantitative estimate of drug-likeness (QED) is 0.689. The Morgan fingerprint density at radius 1 is 1.24 bits per heavy atom. The molecule has 3 N–H and O–H groups in total. The molecule has 1 heterocycles. The van der Waals surface area contributed by atoms with Crippen molar-refractivity contribution >= 4 is 17.0 Å². The first-order valence-corrected chi connectivity index (χ1v) is 6.55. The molecule has 21 heavy (non-hydrogen) atoms. The van der Waals surface area contributed by atoms with Gasteiger partial charge in [0, 0.05) is 0 Å². The van der Waals surface area contributed by atoms with Gasteiger partial charge in [-0.2, -0.15) is 0 Å². The number of carboxylic acid groups (broad SMARTS) is 1. The summed E-state index contributed by atoms with van der Waals surface area (Å²) in [4.78, 5) is 18.4. The smallest absolute Gasteiger partial charge is 0.335 e. The molecule has 5 nitrogen and oxygen atoms in total. The van der Waals surface area contributed by atoms with E-state index in [9.17, 15) is 9.90 Å². The largest absolute Gasteiger partial charge is 0.478 e. The Morgan fingerprint density at radius 2 is 2.05 bits per heavy atom. The first kappa shape index (κ1) is 13.3. The number of carboxylic acids is 1. The van der Waals surface area contributed by atoms with Crippen molar-refractivity contribution in [2.24, 2.45) is 0 Å². The number of nitrogens with one attached hydrogen (secondary N) is 1. The summed E-state index contributed by atoms with van der Waals surface area (Å²) in [6.07, 6.45) is 0.926. The van der Waals surface area contributed by atoms with Gasteiger partial charge < -0.3 is 15.2 Å². The summed E-state index contributed by atoms with van der Waals surface area (Å²) >= 11 is 0. The summed E-state index contributed by atoms with van der Waals surface area (Å²) in [6.45, 7) is 1.66. The monoisotopic (exact) mass is 282 g/mol. The standard InChI is InChI=1S/C16H14N2O3/c1-9(19)12-4-2-11(16(20)21)6-13(12)10-3-5-14-15(7-10)18-8-17-14/h2-9,19H,1H3,(H,17,18)(H,20,21). The molecular weight excluding hydrogens is 268 g/mol. The summed E-state index contributed by atoms with van der Waals surface area (Å²) in [7, 11) is 0. The number of aromatic amines is 1. The number of aliphatic hydroxyl groups is 1. The van der Waals surface area contributed by atoms with Crippen LogP contribution >= 0.6 is 0 Å².